The van der Waals surface area contributed by atoms with Crippen LogP contribution in [0.15, 0.2) is 24.4 Å². The lowest BCUT2D eigenvalue weighted by Crippen LogP contribution is -2.47. The van der Waals surface area contributed by atoms with Gasteiger partial charge in [-0.25, -0.2) is 27.7 Å². The van der Waals surface area contributed by atoms with Gasteiger partial charge in [0.2, 0.25) is 5.95 Å². The van der Waals surface area contributed by atoms with Crippen molar-refractivity contribution in [3.63, 3.8) is 0 Å². The molecule has 1 saturated heterocycles. The Morgan fingerprint density at radius 1 is 1.17 bits per heavy atom. The molecule has 2 N–H and O–H groups in total. The van der Waals surface area contributed by atoms with Gasteiger partial charge in [-0.2, -0.15) is 4.98 Å². The third-order valence-corrected chi connectivity index (χ3v) is 6.51. The van der Waals surface area contributed by atoms with E-state index in [1.165, 1.54) is 4.57 Å². The van der Waals surface area contributed by atoms with Crippen LogP contribution in [0, 0.1) is 6.92 Å². The van der Waals surface area contributed by atoms with Crippen molar-refractivity contribution in [3.05, 3.63) is 30.2 Å². The van der Waals surface area contributed by atoms with Gasteiger partial charge in [-0.05, 0) is 38.1 Å². The molecule has 35 heavy (non-hydrogen) atoms. The summed E-state index contributed by atoms with van der Waals surface area (Å²) in [4.78, 5) is 15.7. The van der Waals surface area contributed by atoms with Crippen molar-refractivity contribution in [1.29, 1.82) is 0 Å². The second-order valence-corrected chi connectivity index (χ2v) is 8.71. The number of nitrogens with zero attached hydrogens (tertiary/aromatic N) is 7. The lowest BCUT2D eigenvalue weighted by molar-refractivity contribution is 0.127. The number of fused-ring (bicyclic) bond motifs is 2. The van der Waals surface area contributed by atoms with Crippen LogP contribution in [0.3, 0.4) is 0 Å². The van der Waals surface area contributed by atoms with Crippen LogP contribution >= 0.6 is 0 Å². The van der Waals surface area contributed by atoms with E-state index < -0.39 is 19.1 Å². The second-order valence-electron chi connectivity index (χ2n) is 8.71. The molecule has 0 amide bonds. The Morgan fingerprint density at radius 2 is 2.00 bits per heavy atom. The lowest BCUT2D eigenvalue weighted by Gasteiger charge is -2.34. The number of piperidine rings is 1. The molecular weight excluding hydrogens is 459 g/mol. The highest BCUT2D eigenvalue weighted by atomic mass is 19.3. The van der Waals surface area contributed by atoms with E-state index in [1.54, 1.807) is 36.8 Å². The summed E-state index contributed by atoms with van der Waals surface area (Å²) in [6.45, 7) is 5.28. The molecule has 1 aliphatic rings. The van der Waals surface area contributed by atoms with Gasteiger partial charge in [0.15, 0.2) is 11.5 Å². The van der Waals surface area contributed by atoms with Crippen LogP contribution in [0.25, 0.3) is 27.9 Å². The molecular formula is C23H28F3N9. The molecule has 0 aliphatic carbocycles. The van der Waals surface area contributed by atoms with E-state index in [1.807, 2.05) is 13.0 Å². The van der Waals surface area contributed by atoms with E-state index in [0.29, 0.717) is 52.9 Å². The summed E-state index contributed by atoms with van der Waals surface area (Å²) in [5, 5.41) is 10.8. The molecule has 0 radical (unpaired) electrons. The van der Waals surface area contributed by atoms with Crippen molar-refractivity contribution in [2.75, 3.05) is 37.3 Å². The molecule has 186 valence electrons. The third kappa shape index (κ3) is 4.38. The van der Waals surface area contributed by atoms with E-state index >= 15 is 0 Å². The van der Waals surface area contributed by atoms with Gasteiger partial charge in [0.25, 0.3) is 6.43 Å². The highest BCUT2D eigenvalue weighted by molar-refractivity contribution is 5.89. The monoisotopic (exact) mass is 487 g/mol. The summed E-state index contributed by atoms with van der Waals surface area (Å²) in [6, 6.07) is 5.06. The van der Waals surface area contributed by atoms with Crippen LogP contribution in [-0.2, 0) is 6.54 Å². The highest BCUT2D eigenvalue weighted by Crippen LogP contribution is 2.31. The second kappa shape index (κ2) is 9.33. The van der Waals surface area contributed by atoms with Crippen molar-refractivity contribution in [3.8, 4) is 11.3 Å². The summed E-state index contributed by atoms with van der Waals surface area (Å²) >= 11 is 0. The third-order valence-electron chi connectivity index (χ3n) is 6.51. The number of aryl methyl sites for hydroxylation is 1. The van der Waals surface area contributed by atoms with Crippen molar-refractivity contribution in [1.82, 2.24) is 34.0 Å². The zero-order valence-corrected chi connectivity index (χ0v) is 19.8. The number of likely N-dealkylation sites (tertiary alicyclic amines) is 1. The first-order valence-electron chi connectivity index (χ1n) is 11.7. The minimum Gasteiger partial charge on any atom is -0.371 e. The quantitative estimate of drug-likeness (QED) is 0.412. The van der Waals surface area contributed by atoms with Crippen LogP contribution < -0.4 is 10.6 Å². The molecule has 4 aromatic rings. The van der Waals surface area contributed by atoms with Crippen LogP contribution in [0.2, 0.25) is 0 Å². The van der Waals surface area contributed by atoms with Crippen molar-refractivity contribution < 1.29 is 13.2 Å². The van der Waals surface area contributed by atoms with Gasteiger partial charge in [-0.1, -0.05) is 6.92 Å². The number of aromatic nitrogens is 6. The Bertz CT molecular complexity index is 1350. The fraction of sp³-hybridized carbons (Fsp3) is 0.478. The molecule has 0 aromatic carbocycles. The van der Waals surface area contributed by atoms with Crippen molar-refractivity contribution in [2.45, 2.75) is 45.5 Å². The number of rotatable bonds is 7. The van der Waals surface area contributed by atoms with E-state index in [2.05, 4.69) is 35.6 Å². The van der Waals surface area contributed by atoms with Gasteiger partial charge in [0.05, 0.1) is 18.3 Å². The standard InChI is InChI=1S/C23H28F3N9/c1-4-33-9-8-17(15(24)11-33)30-23-31-21(27-3)20-14(7-10-35(20)32-23)16-5-6-18-22(29-16)34(12-19(25)26)13(2)28-18/h5-7,10,15,17,19H,4,8-9,11-12H2,1-3H3,(H2,27,30,31,32)/t15-,17+/m0/s1. The first-order valence-corrected chi connectivity index (χ1v) is 11.7. The average molecular weight is 488 g/mol. The van der Waals surface area contributed by atoms with E-state index in [4.69, 9.17) is 0 Å². The topological polar surface area (TPSA) is 88.2 Å². The Labute approximate surface area is 200 Å². The largest absolute Gasteiger partial charge is 0.371 e. The Kier molecular flexibility index (Phi) is 6.22. The van der Waals surface area contributed by atoms with Crippen LogP contribution in [0.4, 0.5) is 24.9 Å². The first-order chi connectivity index (χ1) is 16.9. The normalized spacial score (nSPS) is 19.2. The molecule has 9 nitrogen and oxygen atoms in total. The summed E-state index contributed by atoms with van der Waals surface area (Å²) in [7, 11) is 1.75. The van der Waals surface area contributed by atoms with Gasteiger partial charge >= 0.3 is 0 Å². The zero-order chi connectivity index (χ0) is 24.7. The maximum Gasteiger partial charge on any atom is 0.256 e. The van der Waals surface area contributed by atoms with E-state index in [9.17, 15) is 13.2 Å². The molecule has 0 saturated carbocycles. The smallest absolute Gasteiger partial charge is 0.256 e. The maximum atomic E-state index is 14.7. The number of halogens is 3. The minimum atomic E-state index is -2.51. The molecule has 1 aliphatic heterocycles. The maximum absolute atomic E-state index is 14.7. The van der Waals surface area contributed by atoms with Gasteiger partial charge < -0.3 is 20.1 Å². The summed E-state index contributed by atoms with van der Waals surface area (Å²) < 4.78 is 44.0. The number of alkyl halides is 3. The molecule has 4 aromatic heterocycles. The predicted octanol–water partition coefficient (Wildman–Crippen LogP) is 3.60. The molecule has 5 rings (SSSR count). The predicted molar refractivity (Wildman–Crippen MR) is 129 cm³/mol. The van der Waals surface area contributed by atoms with E-state index in [-0.39, 0.29) is 6.04 Å². The van der Waals surface area contributed by atoms with Crippen LogP contribution in [0.5, 0.6) is 0 Å². The fourth-order valence-corrected chi connectivity index (χ4v) is 4.67. The van der Waals surface area contributed by atoms with Crippen molar-refractivity contribution in [2.24, 2.45) is 0 Å². The number of hydrogen-bond acceptors (Lipinski definition) is 7. The average Bonchev–Trinajstić information content (AvgIpc) is 3.40. The first kappa shape index (κ1) is 23.3. The molecule has 0 spiro atoms. The number of pyridine rings is 1. The molecule has 0 bridgehead atoms. The minimum absolute atomic E-state index is 0.329. The van der Waals surface area contributed by atoms with Gasteiger partial charge in [0, 0.05) is 31.9 Å². The molecule has 5 heterocycles. The van der Waals surface area contributed by atoms with Crippen molar-refractivity contribution >= 4 is 28.4 Å². The van der Waals surface area contributed by atoms with E-state index in [0.717, 1.165) is 18.7 Å². The fourth-order valence-electron chi connectivity index (χ4n) is 4.67. The molecule has 12 heteroatoms. The zero-order valence-electron chi connectivity index (χ0n) is 19.8. The van der Waals surface area contributed by atoms with Crippen LogP contribution in [-0.4, -0.2) is 79.4 Å². The SMILES string of the molecule is CCN1CC[C@@H](Nc2nc(NC)c3c(-c4ccc5nc(C)n(CC(F)F)c5n4)ccn3n2)[C@@H](F)C1. The molecule has 0 unspecified atom stereocenters. The van der Waals surface area contributed by atoms with Crippen LogP contribution in [0.1, 0.15) is 19.2 Å². The van der Waals surface area contributed by atoms with Gasteiger partial charge in [0.1, 0.15) is 23.0 Å². The summed E-state index contributed by atoms with van der Waals surface area (Å²) in [5.74, 6) is 1.36. The Hall–Kier alpha value is -3.41. The summed E-state index contributed by atoms with van der Waals surface area (Å²) in [6.07, 6.45) is -1.09. The Balaban J connectivity index is 1.50. The summed E-state index contributed by atoms with van der Waals surface area (Å²) in [5.41, 5.74) is 2.97. The number of imidazole rings is 1. The molecule has 1 fully saturated rings. The highest BCUT2D eigenvalue weighted by Gasteiger charge is 2.29. The lowest BCUT2D eigenvalue weighted by atomic mass is 10.0. The van der Waals surface area contributed by atoms with Gasteiger partial charge in [-0.15, -0.1) is 5.10 Å². The number of anilines is 2. The Morgan fingerprint density at radius 3 is 2.71 bits per heavy atom. The van der Waals surface area contributed by atoms with Gasteiger partial charge in [-0.3, -0.25) is 0 Å². The molecule has 2 atom stereocenters. The number of nitrogens with one attached hydrogen (secondary N) is 2. The number of hydrogen-bond donors (Lipinski definition) is 2.